The van der Waals surface area contributed by atoms with Crippen LogP contribution in [-0.2, 0) is 19.1 Å². The predicted octanol–water partition coefficient (Wildman–Crippen LogP) is -3.15. The molecule has 0 bridgehead atoms. The van der Waals surface area contributed by atoms with Gasteiger partial charge in [0, 0.05) is 6.92 Å². The summed E-state index contributed by atoms with van der Waals surface area (Å²) in [6, 6.07) is -1.22. The summed E-state index contributed by atoms with van der Waals surface area (Å²) in [5, 5.41) is 40.2. The monoisotopic (exact) mass is 293 g/mol. The highest BCUT2D eigenvalue weighted by Gasteiger charge is 2.47. The maximum Gasteiger partial charge on any atom is 0.335 e. The van der Waals surface area contributed by atoms with Crippen molar-refractivity contribution >= 4 is 11.9 Å². The van der Waals surface area contributed by atoms with Crippen molar-refractivity contribution in [1.82, 2.24) is 5.32 Å². The molecule has 20 heavy (non-hydrogen) atoms. The Hall–Kier alpha value is -1.26. The van der Waals surface area contributed by atoms with E-state index in [2.05, 4.69) is 5.32 Å². The van der Waals surface area contributed by atoms with Crippen LogP contribution in [0.25, 0.3) is 0 Å². The highest BCUT2D eigenvalue weighted by molar-refractivity contribution is 5.74. The Kier molecular flexibility index (Phi) is 5.84. The summed E-state index contributed by atoms with van der Waals surface area (Å²) in [6.45, 7) is 1.72. The molecular weight excluding hydrogens is 274 g/mol. The molecule has 0 aliphatic carbocycles. The summed E-state index contributed by atoms with van der Waals surface area (Å²) >= 11 is 0. The number of nitrogens with one attached hydrogen (secondary N) is 1. The molecule has 9 nitrogen and oxygen atoms in total. The number of carbonyl (C=O) groups is 2. The molecule has 0 radical (unpaired) electrons. The van der Waals surface area contributed by atoms with Gasteiger partial charge in [-0.15, -0.1) is 0 Å². The minimum atomic E-state index is -1.56. The minimum absolute atomic E-state index is 0.528. The number of aliphatic hydroxyl groups excluding tert-OH is 4. The van der Waals surface area contributed by atoms with E-state index in [-0.39, 0.29) is 0 Å². The van der Waals surface area contributed by atoms with Crippen molar-refractivity contribution in [3.8, 4) is 0 Å². The number of ether oxygens (including phenoxy) is 2. The van der Waals surface area contributed by atoms with Gasteiger partial charge in [-0.1, -0.05) is 0 Å². The van der Waals surface area contributed by atoms with E-state index >= 15 is 0 Å². The van der Waals surface area contributed by atoms with E-state index in [4.69, 9.17) is 19.7 Å². The Bertz CT molecular complexity index is 360. The Balaban J connectivity index is 2.86. The zero-order chi connectivity index (χ0) is 15.4. The van der Waals surface area contributed by atoms with E-state index in [1.54, 1.807) is 0 Å². The largest absolute Gasteiger partial charge is 0.455 e. The molecule has 1 saturated heterocycles. The number of hydrogen-bond acceptors (Lipinski definition) is 8. The summed E-state index contributed by atoms with van der Waals surface area (Å²) in [4.78, 5) is 22.4. The maximum atomic E-state index is 11.4. The Morgan fingerprint density at radius 1 is 1.40 bits per heavy atom. The van der Waals surface area contributed by atoms with Crippen LogP contribution in [0.5, 0.6) is 0 Å². The molecular formula is C11H19NO8. The van der Waals surface area contributed by atoms with Gasteiger partial charge >= 0.3 is 5.97 Å². The fourth-order valence-corrected chi connectivity index (χ4v) is 1.85. The van der Waals surface area contributed by atoms with Gasteiger partial charge in [-0.3, -0.25) is 4.79 Å². The molecule has 1 fully saturated rings. The van der Waals surface area contributed by atoms with Crippen LogP contribution in [0.15, 0.2) is 0 Å². The second-order valence-corrected chi connectivity index (χ2v) is 4.54. The second kappa shape index (κ2) is 6.95. The van der Waals surface area contributed by atoms with Crippen molar-refractivity contribution in [1.29, 1.82) is 0 Å². The van der Waals surface area contributed by atoms with Gasteiger partial charge in [0.2, 0.25) is 5.91 Å². The van der Waals surface area contributed by atoms with E-state index in [1.165, 1.54) is 13.8 Å². The van der Waals surface area contributed by atoms with Crippen molar-refractivity contribution in [2.24, 2.45) is 0 Å². The van der Waals surface area contributed by atoms with Gasteiger partial charge in [0.05, 0.1) is 6.61 Å². The zero-order valence-electron chi connectivity index (χ0n) is 11.1. The molecule has 0 aromatic rings. The average Bonchev–Trinajstić information content (AvgIpc) is 2.36. The topological polar surface area (TPSA) is 146 Å². The van der Waals surface area contributed by atoms with E-state index in [0.717, 1.165) is 0 Å². The quantitative estimate of drug-likeness (QED) is 0.342. The lowest BCUT2D eigenvalue weighted by atomic mass is 9.96. The number of esters is 1. The normalized spacial score (nSPS) is 35.2. The molecule has 1 aliphatic heterocycles. The Morgan fingerprint density at radius 2 is 2.00 bits per heavy atom. The van der Waals surface area contributed by atoms with Crippen molar-refractivity contribution in [3.63, 3.8) is 0 Å². The number of carbonyl (C=O) groups excluding carboxylic acids is 2. The summed E-state index contributed by atoms with van der Waals surface area (Å²) in [5.74, 6) is -1.55. The van der Waals surface area contributed by atoms with Crippen LogP contribution < -0.4 is 5.32 Å². The molecule has 0 spiro atoms. The zero-order valence-corrected chi connectivity index (χ0v) is 11.1. The number of rotatable bonds is 4. The van der Waals surface area contributed by atoms with Crippen LogP contribution in [0.1, 0.15) is 13.8 Å². The van der Waals surface area contributed by atoms with E-state index in [9.17, 15) is 19.8 Å². The maximum absolute atomic E-state index is 11.4. The Morgan fingerprint density at radius 3 is 2.45 bits per heavy atom. The fraction of sp³-hybridized carbons (Fsp3) is 0.818. The smallest absolute Gasteiger partial charge is 0.335 e. The van der Waals surface area contributed by atoms with E-state index in [0.29, 0.717) is 0 Å². The standard InChI is InChI=1S/C11H19NO8/c1-4(14)10(17)20-9-6(3-13)19-11(18)7(8(9)16)12-5(2)15/h4,6-9,11,13-14,16,18H,3H2,1-2H3,(H,12,15)/t4-,6+,7+,8+,9+,11+/m0/s1. The van der Waals surface area contributed by atoms with E-state index in [1.807, 2.05) is 0 Å². The lowest BCUT2D eigenvalue weighted by molar-refractivity contribution is -0.261. The van der Waals surface area contributed by atoms with Crippen LogP contribution in [-0.4, -0.2) is 75.7 Å². The fourth-order valence-electron chi connectivity index (χ4n) is 1.85. The van der Waals surface area contributed by atoms with Gasteiger partial charge < -0.3 is 35.2 Å². The molecule has 5 N–H and O–H groups in total. The van der Waals surface area contributed by atoms with Crippen LogP contribution >= 0.6 is 0 Å². The SMILES string of the molecule is CC(=O)N[C@@H]1[C@@H](O)[C@H](OC(=O)[C@H](C)O)[C@@H](CO)O[C@H]1O. The first kappa shape index (κ1) is 16.8. The molecule has 0 aromatic carbocycles. The lowest BCUT2D eigenvalue weighted by Crippen LogP contribution is -2.65. The molecule has 6 atom stereocenters. The van der Waals surface area contributed by atoms with Crippen LogP contribution in [0.4, 0.5) is 0 Å². The summed E-state index contributed by atoms with van der Waals surface area (Å²) < 4.78 is 9.83. The predicted molar refractivity (Wildman–Crippen MR) is 63.1 cm³/mol. The van der Waals surface area contributed by atoms with E-state index < -0.39 is 55.2 Å². The van der Waals surface area contributed by atoms with Gasteiger partial charge in [-0.25, -0.2) is 4.79 Å². The first-order chi connectivity index (χ1) is 9.27. The molecule has 0 aromatic heterocycles. The Labute approximate surface area is 115 Å². The molecule has 9 heteroatoms. The van der Waals surface area contributed by atoms with Gasteiger partial charge in [-0.05, 0) is 6.92 Å². The number of aliphatic hydroxyl groups is 4. The first-order valence-corrected chi connectivity index (χ1v) is 6.06. The third kappa shape index (κ3) is 3.87. The van der Waals surface area contributed by atoms with Crippen molar-refractivity contribution in [2.75, 3.05) is 6.61 Å². The first-order valence-electron chi connectivity index (χ1n) is 6.06. The number of hydrogen-bond donors (Lipinski definition) is 5. The second-order valence-electron chi connectivity index (χ2n) is 4.54. The molecule has 1 amide bonds. The lowest BCUT2D eigenvalue weighted by Gasteiger charge is -2.41. The summed E-state index contributed by atoms with van der Waals surface area (Å²) in [7, 11) is 0. The molecule has 1 aliphatic rings. The minimum Gasteiger partial charge on any atom is -0.455 e. The van der Waals surface area contributed by atoms with Gasteiger partial charge in [-0.2, -0.15) is 0 Å². The van der Waals surface area contributed by atoms with Crippen molar-refractivity contribution in [3.05, 3.63) is 0 Å². The third-order valence-electron chi connectivity index (χ3n) is 2.84. The average molecular weight is 293 g/mol. The van der Waals surface area contributed by atoms with Gasteiger partial charge in [0.25, 0.3) is 0 Å². The number of amides is 1. The van der Waals surface area contributed by atoms with Crippen molar-refractivity contribution < 1.29 is 39.5 Å². The highest BCUT2D eigenvalue weighted by Crippen LogP contribution is 2.23. The molecule has 1 rings (SSSR count). The van der Waals surface area contributed by atoms with Crippen LogP contribution in [0.3, 0.4) is 0 Å². The molecule has 0 unspecified atom stereocenters. The van der Waals surface area contributed by atoms with Crippen LogP contribution in [0, 0.1) is 0 Å². The third-order valence-corrected chi connectivity index (χ3v) is 2.84. The molecule has 116 valence electrons. The molecule has 1 heterocycles. The molecule has 0 saturated carbocycles. The van der Waals surface area contributed by atoms with Crippen molar-refractivity contribution in [2.45, 2.75) is 50.6 Å². The summed E-state index contributed by atoms with van der Waals surface area (Å²) in [6.07, 6.45) is -6.99. The summed E-state index contributed by atoms with van der Waals surface area (Å²) in [5.41, 5.74) is 0. The van der Waals surface area contributed by atoms with Gasteiger partial charge in [0.15, 0.2) is 12.4 Å². The highest BCUT2D eigenvalue weighted by atomic mass is 16.6. The van der Waals surface area contributed by atoms with Gasteiger partial charge in [0.1, 0.15) is 24.4 Å². The van der Waals surface area contributed by atoms with Crippen LogP contribution in [0.2, 0.25) is 0 Å².